The van der Waals surface area contributed by atoms with Crippen molar-refractivity contribution in [2.24, 2.45) is 0 Å². The number of carbonyl (C=O) groups excluding carboxylic acids is 1. The molecule has 1 aliphatic heterocycles. The Hall–Kier alpha value is -2.94. The highest BCUT2D eigenvalue weighted by Crippen LogP contribution is 2.36. The Kier molecular flexibility index (Phi) is 7.27. The number of anilines is 1. The van der Waals surface area contributed by atoms with Gasteiger partial charge >= 0.3 is 0 Å². The summed E-state index contributed by atoms with van der Waals surface area (Å²) < 4.78 is 42.0. The average Bonchev–Trinajstić information content (AvgIpc) is 3.14. The van der Waals surface area contributed by atoms with Crippen molar-refractivity contribution in [3.05, 3.63) is 47.5 Å². The Morgan fingerprint density at radius 3 is 2.52 bits per heavy atom. The number of hydrogen-bond donors (Lipinski definition) is 1. The van der Waals surface area contributed by atoms with Crippen molar-refractivity contribution >= 4 is 21.6 Å². The molecule has 1 amide bonds. The summed E-state index contributed by atoms with van der Waals surface area (Å²) in [5, 5.41) is 2.80. The topological polar surface area (TPSA) is 94.2 Å². The lowest BCUT2D eigenvalue weighted by Crippen LogP contribution is -2.32. The van der Waals surface area contributed by atoms with Gasteiger partial charge in [-0.2, -0.15) is 0 Å². The van der Waals surface area contributed by atoms with Gasteiger partial charge in [-0.1, -0.05) is 6.07 Å². The molecule has 0 fully saturated rings. The molecule has 0 aromatic heterocycles. The zero-order chi connectivity index (χ0) is 22.4. The summed E-state index contributed by atoms with van der Waals surface area (Å²) in [5.41, 5.74) is 2.72. The predicted molar refractivity (Wildman–Crippen MR) is 118 cm³/mol. The highest BCUT2D eigenvalue weighted by molar-refractivity contribution is 7.92. The molecule has 0 aliphatic carbocycles. The Labute approximate surface area is 183 Å². The van der Waals surface area contributed by atoms with Gasteiger partial charge < -0.3 is 19.5 Å². The van der Waals surface area contributed by atoms with Gasteiger partial charge in [-0.15, -0.1) is 0 Å². The molecule has 0 atom stereocenters. The van der Waals surface area contributed by atoms with Crippen LogP contribution in [-0.4, -0.2) is 47.1 Å². The molecule has 168 valence electrons. The van der Waals surface area contributed by atoms with Gasteiger partial charge in [0.2, 0.25) is 22.7 Å². The Morgan fingerprint density at radius 2 is 1.81 bits per heavy atom. The number of ether oxygens (including phenoxy) is 3. The van der Waals surface area contributed by atoms with Gasteiger partial charge in [0.25, 0.3) is 0 Å². The molecule has 3 rings (SSSR count). The number of nitrogens with zero attached hydrogens (tertiary/aromatic N) is 1. The highest BCUT2D eigenvalue weighted by atomic mass is 32.2. The van der Waals surface area contributed by atoms with Crippen molar-refractivity contribution in [1.82, 2.24) is 5.32 Å². The van der Waals surface area contributed by atoms with E-state index in [4.69, 9.17) is 14.2 Å². The van der Waals surface area contributed by atoms with Gasteiger partial charge in [0.1, 0.15) is 12.4 Å². The molecule has 0 spiro atoms. The van der Waals surface area contributed by atoms with Gasteiger partial charge in [0.15, 0.2) is 11.5 Å². The van der Waals surface area contributed by atoms with Crippen molar-refractivity contribution in [2.45, 2.75) is 26.7 Å². The van der Waals surface area contributed by atoms with Crippen LogP contribution in [0.2, 0.25) is 0 Å². The number of amides is 1. The fraction of sp³-hybridized carbons (Fsp3) is 0.409. The van der Waals surface area contributed by atoms with E-state index in [1.54, 1.807) is 18.2 Å². The van der Waals surface area contributed by atoms with Crippen molar-refractivity contribution in [1.29, 1.82) is 0 Å². The standard InChI is InChI=1S/C22H28N2O6S/c1-16-11-17(2)13-19(12-16)28-10-8-23-22(25)5-4-9-24(31(3,26)27)18-6-7-20-21(14-18)30-15-29-20/h6-7,11-14H,4-5,8-10,15H2,1-3H3,(H,23,25). The number of rotatable bonds is 10. The SMILES string of the molecule is Cc1cc(C)cc(OCCNC(=O)CCCN(c2ccc3c(c2)OCO3)S(C)(=O)=O)c1. The normalized spacial score (nSPS) is 12.5. The monoisotopic (exact) mass is 448 g/mol. The quantitative estimate of drug-likeness (QED) is 0.562. The van der Waals surface area contributed by atoms with Crippen LogP contribution < -0.4 is 23.8 Å². The number of aryl methyl sites for hydroxylation is 2. The largest absolute Gasteiger partial charge is 0.492 e. The van der Waals surface area contributed by atoms with Crippen LogP contribution in [0, 0.1) is 13.8 Å². The number of carbonyl (C=O) groups is 1. The van der Waals surface area contributed by atoms with E-state index in [0.29, 0.717) is 36.8 Å². The van der Waals surface area contributed by atoms with Crippen molar-refractivity contribution in [3.63, 3.8) is 0 Å². The molecule has 0 saturated carbocycles. The molecule has 1 N–H and O–H groups in total. The number of sulfonamides is 1. The lowest BCUT2D eigenvalue weighted by Gasteiger charge is -2.22. The molecule has 0 radical (unpaired) electrons. The van der Waals surface area contributed by atoms with Crippen LogP contribution in [0.1, 0.15) is 24.0 Å². The molecule has 9 heteroatoms. The van der Waals surface area contributed by atoms with Crippen molar-refractivity contribution in [3.8, 4) is 17.2 Å². The highest BCUT2D eigenvalue weighted by Gasteiger charge is 2.21. The molecular weight excluding hydrogens is 420 g/mol. The third-order valence-electron chi connectivity index (χ3n) is 4.70. The van der Waals surface area contributed by atoms with Crippen LogP contribution >= 0.6 is 0 Å². The summed E-state index contributed by atoms with van der Waals surface area (Å²) >= 11 is 0. The average molecular weight is 449 g/mol. The van der Waals surface area contributed by atoms with Crippen LogP contribution in [0.15, 0.2) is 36.4 Å². The zero-order valence-electron chi connectivity index (χ0n) is 18.0. The van der Waals surface area contributed by atoms with Gasteiger partial charge in [-0.05, 0) is 55.7 Å². The molecule has 8 nitrogen and oxygen atoms in total. The van der Waals surface area contributed by atoms with E-state index in [1.165, 1.54) is 4.31 Å². The maximum atomic E-state index is 12.2. The molecule has 31 heavy (non-hydrogen) atoms. The van der Waals surface area contributed by atoms with Gasteiger partial charge in [-0.25, -0.2) is 8.42 Å². The first-order chi connectivity index (χ1) is 14.7. The first-order valence-corrected chi connectivity index (χ1v) is 11.9. The molecule has 0 bridgehead atoms. The fourth-order valence-corrected chi connectivity index (χ4v) is 4.33. The van der Waals surface area contributed by atoms with E-state index in [9.17, 15) is 13.2 Å². The van der Waals surface area contributed by atoms with E-state index in [-0.39, 0.29) is 25.7 Å². The minimum absolute atomic E-state index is 0.116. The summed E-state index contributed by atoms with van der Waals surface area (Å²) in [6.07, 6.45) is 1.73. The Balaban J connectivity index is 1.44. The van der Waals surface area contributed by atoms with E-state index in [2.05, 4.69) is 11.4 Å². The van der Waals surface area contributed by atoms with Crippen molar-refractivity contribution in [2.75, 3.05) is 37.1 Å². The lowest BCUT2D eigenvalue weighted by molar-refractivity contribution is -0.121. The summed E-state index contributed by atoms with van der Waals surface area (Å²) in [6.45, 7) is 5.05. The molecule has 2 aromatic rings. The predicted octanol–water partition coefficient (Wildman–Crippen LogP) is 2.77. The summed E-state index contributed by atoms with van der Waals surface area (Å²) in [6, 6.07) is 10.9. The van der Waals surface area contributed by atoms with E-state index >= 15 is 0 Å². The molecule has 1 aliphatic rings. The lowest BCUT2D eigenvalue weighted by atomic mass is 10.1. The van der Waals surface area contributed by atoms with Crippen LogP contribution in [0.3, 0.4) is 0 Å². The smallest absolute Gasteiger partial charge is 0.232 e. The summed E-state index contributed by atoms with van der Waals surface area (Å²) in [4.78, 5) is 12.1. The van der Waals surface area contributed by atoms with Gasteiger partial charge in [-0.3, -0.25) is 9.10 Å². The second-order valence-corrected chi connectivity index (χ2v) is 9.40. The summed E-state index contributed by atoms with van der Waals surface area (Å²) in [7, 11) is -3.51. The minimum Gasteiger partial charge on any atom is -0.492 e. The van der Waals surface area contributed by atoms with Gasteiger partial charge in [0, 0.05) is 19.0 Å². The number of fused-ring (bicyclic) bond motifs is 1. The zero-order valence-corrected chi connectivity index (χ0v) is 18.8. The Bertz CT molecular complexity index is 1020. The molecule has 0 unspecified atom stereocenters. The maximum Gasteiger partial charge on any atom is 0.232 e. The first-order valence-electron chi connectivity index (χ1n) is 10.1. The minimum atomic E-state index is -3.51. The second-order valence-electron chi connectivity index (χ2n) is 7.50. The molecular formula is C22H28N2O6S. The maximum absolute atomic E-state index is 12.2. The van der Waals surface area contributed by atoms with Gasteiger partial charge in [0.05, 0.1) is 18.5 Å². The fourth-order valence-electron chi connectivity index (χ4n) is 3.37. The molecule has 1 heterocycles. The molecule has 2 aromatic carbocycles. The molecule has 0 saturated heterocycles. The van der Waals surface area contributed by atoms with Crippen LogP contribution in [0.5, 0.6) is 17.2 Å². The second kappa shape index (κ2) is 9.91. The van der Waals surface area contributed by atoms with Crippen molar-refractivity contribution < 1.29 is 27.4 Å². The number of nitrogens with one attached hydrogen (secondary N) is 1. The van der Waals surface area contributed by atoms with E-state index < -0.39 is 10.0 Å². The Morgan fingerprint density at radius 1 is 1.10 bits per heavy atom. The van der Waals surface area contributed by atoms with Crippen LogP contribution in [-0.2, 0) is 14.8 Å². The third-order valence-corrected chi connectivity index (χ3v) is 5.89. The van der Waals surface area contributed by atoms with Crippen LogP contribution in [0.25, 0.3) is 0 Å². The van der Waals surface area contributed by atoms with E-state index in [0.717, 1.165) is 23.1 Å². The third kappa shape index (κ3) is 6.52. The number of benzene rings is 2. The van der Waals surface area contributed by atoms with Crippen LogP contribution in [0.4, 0.5) is 5.69 Å². The van der Waals surface area contributed by atoms with E-state index in [1.807, 2.05) is 26.0 Å². The number of hydrogen-bond acceptors (Lipinski definition) is 6. The first kappa shape index (κ1) is 22.7. The summed E-state index contributed by atoms with van der Waals surface area (Å²) in [5.74, 6) is 1.72.